The zero-order valence-electron chi connectivity index (χ0n) is 12.0. The highest BCUT2D eigenvalue weighted by molar-refractivity contribution is 5.78. The van der Waals surface area contributed by atoms with E-state index in [1.54, 1.807) is 0 Å². The first-order valence-corrected chi connectivity index (χ1v) is 7.22. The molecule has 0 saturated carbocycles. The average molecular weight is 253 g/mol. The summed E-state index contributed by atoms with van der Waals surface area (Å²) in [6.07, 6.45) is 3.81. The summed E-state index contributed by atoms with van der Waals surface area (Å²) in [4.78, 5) is 16.7. The third-order valence-corrected chi connectivity index (χ3v) is 3.94. The van der Waals surface area contributed by atoms with Gasteiger partial charge in [-0.05, 0) is 53.1 Å². The number of carbonyl (C=O) groups excluding carboxylic acids is 1. The Morgan fingerprint density at radius 1 is 1.22 bits per heavy atom. The number of rotatable bonds is 3. The maximum Gasteiger partial charge on any atom is 0.236 e. The number of carbonyl (C=O) groups is 1. The van der Waals surface area contributed by atoms with E-state index in [2.05, 4.69) is 31.0 Å². The van der Waals surface area contributed by atoms with Crippen molar-refractivity contribution >= 4 is 5.91 Å². The second-order valence-corrected chi connectivity index (χ2v) is 6.63. The van der Waals surface area contributed by atoms with E-state index in [9.17, 15) is 4.79 Å². The van der Waals surface area contributed by atoms with Crippen molar-refractivity contribution in [2.24, 2.45) is 0 Å². The molecule has 2 saturated heterocycles. The van der Waals surface area contributed by atoms with E-state index in [0.29, 0.717) is 12.6 Å². The molecule has 104 valence electrons. The molecule has 4 nitrogen and oxygen atoms in total. The third-order valence-electron chi connectivity index (χ3n) is 3.94. The van der Waals surface area contributed by atoms with Gasteiger partial charge in [0.05, 0.1) is 6.54 Å². The molecular weight excluding hydrogens is 226 g/mol. The van der Waals surface area contributed by atoms with Gasteiger partial charge < -0.3 is 10.2 Å². The zero-order chi connectivity index (χ0) is 13.2. The molecule has 2 fully saturated rings. The molecule has 1 atom stereocenters. The molecule has 0 bridgehead atoms. The highest BCUT2D eigenvalue weighted by Gasteiger charge is 2.31. The second kappa shape index (κ2) is 5.57. The van der Waals surface area contributed by atoms with Gasteiger partial charge in [0.25, 0.3) is 0 Å². The Hall–Kier alpha value is -0.610. The Labute approximate surface area is 111 Å². The molecule has 2 aliphatic heterocycles. The van der Waals surface area contributed by atoms with Gasteiger partial charge in [-0.15, -0.1) is 0 Å². The van der Waals surface area contributed by atoms with Crippen LogP contribution < -0.4 is 5.32 Å². The van der Waals surface area contributed by atoms with Crippen molar-refractivity contribution in [3.8, 4) is 0 Å². The first-order chi connectivity index (χ1) is 8.46. The van der Waals surface area contributed by atoms with E-state index in [-0.39, 0.29) is 11.4 Å². The predicted molar refractivity (Wildman–Crippen MR) is 73.5 cm³/mol. The summed E-state index contributed by atoms with van der Waals surface area (Å²) in [5.41, 5.74) is 0.0176. The van der Waals surface area contributed by atoms with E-state index >= 15 is 0 Å². The molecular formula is C14H27N3O. The van der Waals surface area contributed by atoms with Gasteiger partial charge in [-0.2, -0.15) is 0 Å². The van der Waals surface area contributed by atoms with E-state index in [1.807, 2.05) is 4.90 Å². The van der Waals surface area contributed by atoms with Crippen LogP contribution in [0.25, 0.3) is 0 Å². The third kappa shape index (κ3) is 3.69. The molecule has 1 amide bonds. The highest BCUT2D eigenvalue weighted by Crippen LogP contribution is 2.20. The van der Waals surface area contributed by atoms with E-state index in [4.69, 9.17) is 0 Å². The zero-order valence-corrected chi connectivity index (χ0v) is 12.0. The molecule has 0 radical (unpaired) electrons. The smallest absolute Gasteiger partial charge is 0.236 e. The van der Waals surface area contributed by atoms with Crippen LogP contribution in [0.1, 0.15) is 40.0 Å². The van der Waals surface area contributed by atoms with Crippen LogP contribution >= 0.6 is 0 Å². The first kappa shape index (κ1) is 13.8. The first-order valence-electron chi connectivity index (χ1n) is 7.22. The number of hydrogen-bond acceptors (Lipinski definition) is 3. The molecule has 0 aromatic heterocycles. The summed E-state index contributed by atoms with van der Waals surface area (Å²) < 4.78 is 0. The average Bonchev–Trinajstić information content (AvgIpc) is 2.94. The summed E-state index contributed by atoms with van der Waals surface area (Å²) in [6.45, 7) is 11.1. The van der Waals surface area contributed by atoms with Crippen molar-refractivity contribution < 1.29 is 4.79 Å². The lowest BCUT2D eigenvalue weighted by Crippen LogP contribution is -2.45. The van der Waals surface area contributed by atoms with Crippen LogP contribution in [0.4, 0.5) is 0 Å². The largest absolute Gasteiger partial charge is 0.340 e. The normalized spacial score (nSPS) is 25.9. The molecule has 2 aliphatic rings. The van der Waals surface area contributed by atoms with Crippen molar-refractivity contribution in [2.45, 2.75) is 51.6 Å². The lowest BCUT2D eigenvalue weighted by atomic mass is 10.1. The fraction of sp³-hybridized carbons (Fsp3) is 0.929. The number of amides is 1. The molecule has 0 spiro atoms. The summed E-state index contributed by atoms with van der Waals surface area (Å²) in [5.74, 6) is 0.256. The summed E-state index contributed by atoms with van der Waals surface area (Å²) in [5, 5.41) is 3.28. The van der Waals surface area contributed by atoms with Crippen molar-refractivity contribution in [3.05, 3.63) is 0 Å². The van der Waals surface area contributed by atoms with Gasteiger partial charge in [-0.25, -0.2) is 0 Å². The van der Waals surface area contributed by atoms with Crippen molar-refractivity contribution in [1.82, 2.24) is 15.1 Å². The maximum absolute atomic E-state index is 12.1. The van der Waals surface area contributed by atoms with Gasteiger partial charge in [0.2, 0.25) is 5.91 Å². The van der Waals surface area contributed by atoms with Crippen LogP contribution in [0.5, 0.6) is 0 Å². The summed E-state index contributed by atoms with van der Waals surface area (Å²) >= 11 is 0. The van der Waals surface area contributed by atoms with Gasteiger partial charge in [-0.1, -0.05) is 0 Å². The Balaban J connectivity index is 1.75. The van der Waals surface area contributed by atoms with Crippen LogP contribution in [0.15, 0.2) is 0 Å². The second-order valence-electron chi connectivity index (χ2n) is 6.63. The molecule has 0 aromatic carbocycles. The summed E-state index contributed by atoms with van der Waals surface area (Å²) in [6, 6.07) is 0.617. The van der Waals surface area contributed by atoms with Crippen molar-refractivity contribution in [1.29, 1.82) is 0 Å². The molecule has 0 aliphatic carbocycles. The van der Waals surface area contributed by atoms with Crippen LogP contribution in [-0.4, -0.2) is 60.0 Å². The molecule has 1 N–H and O–H groups in total. The van der Waals surface area contributed by atoms with Gasteiger partial charge in [-0.3, -0.25) is 9.69 Å². The number of hydrogen-bond donors (Lipinski definition) is 1. The summed E-state index contributed by atoms with van der Waals surface area (Å²) in [7, 11) is 0. The Morgan fingerprint density at radius 2 is 1.89 bits per heavy atom. The minimum absolute atomic E-state index is 0.0176. The van der Waals surface area contributed by atoms with Gasteiger partial charge >= 0.3 is 0 Å². The van der Waals surface area contributed by atoms with Crippen LogP contribution in [-0.2, 0) is 4.79 Å². The quantitative estimate of drug-likeness (QED) is 0.817. The van der Waals surface area contributed by atoms with E-state index < -0.39 is 0 Å². The van der Waals surface area contributed by atoms with Crippen LogP contribution in [0.3, 0.4) is 0 Å². The SMILES string of the molecule is CC(C)(C)NCC(=O)N1CCC(N2CCCC2)C1. The minimum atomic E-state index is 0.0176. The Bertz CT molecular complexity index is 292. The Morgan fingerprint density at radius 3 is 2.50 bits per heavy atom. The number of likely N-dealkylation sites (tertiary alicyclic amines) is 2. The van der Waals surface area contributed by atoms with Gasteiger partial charge in [0.15, 0.2) is 0 Å². The molecule has 2 heterocycles. The van der Waals surface area contributed by atoms with Gasteiger partial charge in [0, 0.05) is 24.7 Å². The monoisotopic (exact) mass is 253 g/mol. The van der Waals surface area contributed by atoms with Crippen LogP contribution in [0.2, 0.25) is 0 Å². The molecule has 4 heteroatoms. The maximum atomic E-state index is 12.1. The predicted octanol–water partition coefficient (Wildman–Crippen LogP) is 1.07. The fourth-order valence-electron chi connectivity index (χ4n) is 2.83. The number of nitrogens with one attached hydrogen (secondary N) is 1. The minimum Gasteiger partial charge on any atom is -0.340 e. The van der Waals surface area contributed by atoms with E-state index in [1.165, 1.54) is 25.9 Å². The van der Waals surface area contributed by atoms with Crippen molar-refractivity contribution in [2.75, 3.05) is 32.7 Å². The Kier molecular flexibility index (Phi) is 4.28. The molecule has 0 aromatic rings. The molecule has 1 unspecified atom stereocenters. The van der Waals surface area contributed by atoms with Crippen molar-refractivity contribution in [3.63, 3.8) is 0 Å². The molecule has 18 heavy (non-hydrogen) atoms. The topological polar surface area (TPSA) is 35.6 Å². The highest BCUT2D eigenvalue weighted by atomic mass is 16.2. The lowest BCUT2D eigenvalue weighted by Gasteiger charge is -2.25. The molecule has 2 rings (SSSR count). The number of nitrogens with zero attached hydrogens (tertiary/aromatic N) is 2. The standard InChI is InChI=1S/C14H27N3O/c1-14(2,3)15-10-13(18)17-9-6-12(11-17)16-7-4-5-8-16/h12,15H,4-11H2,1-3H3. The van der Waals surface area contributed by atoms with E-state index in [0.717, 1.165) is 19.5 Å². The fourth-order valence-corrected chi connectivity index (χ4v) is 2.83. The van der Waals surface area contributed by atoms with Crippen LogP contribution in [0, 0.1) is 0 Å². The lowest BCUT2D eigenvalue weighted by molar-refractivity contribution is -0.129. The van der Waals surface area contributed by atoms with Gasteiger partial charge in [0.1, 0.15) is 0 Å².